The SMILES string of the molecule is Cc1cccc2nc(-c3sccc3N)n(C)c12. The van der Waals surface area contributed by atoms with Crippen LogP contribution < -0.4 is 5.73 Å². The van der Waals surface area contributed by atoms with Crippen LogP contribution in [0.25, 0.3) is 21.7 Å². The lowest BCUT2D eigenvalue weighted by atomic mass is 10.2. The maximum atomic E-state index is 5.96. The number of nitrogen functional groups attached to an aromatic ring is 1. The van der Waals surface area contributed by atoms with Gasteiger partial charge in [0.2, 0.25) is 0 Å². The fourth-order valence-electron chi connectivity index (χ4n) is 2.17. The van der Waals surface area contributed by atoms with Crippen LogP contribution in [-0.4, -0.2) is 9.55 Å². The highest BCUT2D eigenvalue weighted by molar-refractivity contribution is 7.14. The summed E-state index contributed by atoms with van der Waals surface area (Å²) in [6.45, 7) is 2.10. The van der Waals surface area contributed by atoms with E-state index in [4.69, 9.17) is 5.73 Å². The Morgan fingerprint density at radius 1 is 1.29 bits per heavy atom. The van der Waals surface area contributed by atoms with Crippen LogP contribution in [0.3, 0.4) is 0 Å². The lowest BCUT2D eigenvalue weighted by molar-refractivity contribution is 0.959. The van der Waals surface area contributed by atoms with Crippen LogP contribution in [0.15, 0.2) is 29.6 Å². The number of imidazole rings is 1. The summed E-state index contributed by atoms with van der Waals surface area (Å²) < 4.78 is 2.12. The van der Waals surface area contributed by atoms with Crippen molar-refractivity contribution < 1.29 is 0 Å². The molecule has 4 heteroatoms. The van der Waals surface area contributed by atoms with Crippen LogP contribution in [0.4, 0.5) is 5.69 Å². The van der Waals surface area contributed by atoms with Gasteiger partial charge in [0.15, 0.2) is 5.82 Å². The molecule has 17 heavy (non-hydrogen) atoms. The Morgan fingerprint density at radius 2 is 2.12 bits per heavy atom. The predicted octanol–water partition coefficient (Wildman–Crippen LogP) is 3.19. The monoisotopic (exact) mass is 243 g/mol. The molecule has 0 amide bonds. The Kier molecular flexibility index (Phi) is 2.19. The van der Waals surface area contributed by atoms with E-state index in [2.05, 4.69) is 22.5 Å². The molecule has 0 unspecified atom stereocenters. The van der Waals surface area contributed by atoms with Gasteiger partial charge in [-0.05, 0) is 30.0 Å². The number of para-hydroxylation sites is 1. The maximum Gasteiger partial charge on any atom is 0.153 e. The minimum absolute atomic E-state index is 0.797. The van der Waals surface area contributed by atoms with Crippen molar-refractivity contribution in [1.29, 1.82) is 0 Å². The number of hydrogen-bond donors (Lipinski definition) is 1. The highest BCUT2D eigenvalue weighted by Gasteiger charge is 2.14. The van der Waals surface area contributed by atoms with E-state index in [9.17, 15) is 0 Å². The molecule has 0 spiro atoms. The summed E-state index contributed by atoms with van der Waals surface area (Å²) in [6.07, 6.45) is 0. The molecule has 2 N–H and O–H groups in total. The number of aryl methyl sites for hydroxylation is 2. The van der Waals surface area contributed by atoms with Gasteiger partial charge in [-0.3, -0.25) is 0 Å². The molecule has 0 radical (unpaired) electrons. The van der Waals surface area contributed by atoms with Gasteiger partial charge in [-0.2, -0.15) is 0 Å². The second-order valence-electron chi connectivity index (χ2n) is 4.14. The summed E-state index contributed by atoms with van der Waals surface area (Å²) in [5.41, 5.74) is 10.2. The first kappa shape index (κ1) is 10.4. The lowest BCUT2D eigenvalue weighted by Gasteiger charge is -2.02. The number of benzene rings is 1. The number of thiophene rings is 1. The molecule has 0 aliphatic heterocycles. The average molecular weight is 243 g/mol. The number of nitrogens with zero attached hydrogens (tertiary/aromatic N) is 2. The topological polar surface area (TPSA) is 43.8 Å². The molecule has 0 atom stereocenters. The third-order valence-electron chi connectivity index (χ3n) is 2.99. The van der Waals surface area contributed by atoms with E-state index in [1.807, 2.05) is 30.6 Å². The minimum atomic E-state index is 0.797. The zero-order valence-corrected chi connectivity index (χ0v) is 10.6. The van der Waals surface area contributed by atoms with Gasteiger partial charge in [0.05, 0.1) is 21.6 Å². The summed E-state index contributed by atoms with van der Waals surface area (Å²) in [6, 6.07) is 8.10. The molecule has 3 nitrogen and oxygen atoms in total. The lowest BCUT2D eigenvalue weighted by Crippen LogP contribution is -1.94. The standard InChI is InChI=1S/C13H13N3S/c1-8-4-3-5-10-11(8)16(2)13(15-10)12-9(14)6-7-17-12/h3-7H,14H2,1-2H3. The Labute approximate surface area is 104 Å². The van der Waals surface area contributed by atoms with Crippen molar-refractivity contribution in [3.8, 4) is 10.7 Å². The first-order chi connectivity index (χ1) is 8.18. The molecule has 3 rings (SSSR count). The number of nitrogens with two attached hydrogens (primary N) is 1. The van der Waals surface area contributed by atoms with Gasteiger partial charge in [0.1, 0.15) is 0 Å². The van der Waals surface area contributed by atoms with Crippen LogP contribution in [-0.2, 0) is 7.05 Å². The molecule has 2 heterocycles. The Hall–Kier alpha value is -1.81. The van der Waals surface area contributed by atoms with Crippen molar-refractivity contribution in [2.75, 3.05) is 5.73 Å². The van der Waals surface area contributed by atoms with Crippen molar-refractivity contribution in [2.45, 2.75) is 6.92 Å². The van der Waals surface area contributed by atoms with Gasteiger partial charge in [-0.25, -0.2) is 4.98 Å². The molecule has 0 aliphatic carbocycles. The smallest absolute Gasteiger partial charge is 0.153 e. The zero-order valence-electron chi connectivity index (χ0n) is 9.77. The molecule has 0 saturated carbocycles. The third kappa shape index (κ3) is 1.45. The number of anilines is 1. The second-order valence-corrected chi connectivity index (χ2v) is 5.06. The summed E-state index contributed by atoms with van der Waals surface area (Å²) >= 11 is 1.63. The number of fused-ring (bicyclic) bond motifs is 1. The molecule has 0 fully saturated rings. The van der Waals surface area contributed by atoms with Crippen molar-refractivity contribution in [2.24, 2.45) is 7.05 Å². The number of aromatic nitrogens is 2. The molecule has 0 aliphatic rings. The summed E-state index contributed by atoms with van der Waals surface area (Å²) in [5.74, 6) is 0.946. The normalized spacial score (nSPS) is 11.2. The summed E-state index contributed by atoms with van der Waals surface area (Å²) in [4.78, 5) is 5.71. The van der Waals surface area contributed by atoms with Gasteiger partial charge in [-0.1, -0.05) is 12.1 Å². The van der Waals surface area contributed by atoms with E-state index in [0.29, 0.717) is 0 Å². The van der Waals surface area contributed by atoms with Gasteiger partial charge in [0.25, 0.3) is 0 Å². The Balaban J connectivity index is 2.36. The predicted molar refractivity (Wildman–Crippen MR) is 73.2 cm³/mol. The van der Waals surface area contributed by atoms with E-state index >= 15 is 0 Å². The fourth-order valence-corrected chi connectivity index (χ4v) is 3.01. The molecule has 0 bridgehead atoms. The number of rotatable bonds is 1. The maximum absolute atomic E-state index is 5.96. The van der Waals surface area contributed by atoms with Crippen molar-refractivity contribution in [3.63, 3.8) is 0 Å². The van der Waals surface area contributed by atoms with Crippen molar-refractivity contribution >= 4 is 28.1 Å². The second kappa shape index (κ2) is 3.60. The molecule has 1 aromatic carbocycles. The van der Waals surface area contributed by atoms with Gasteiger partial charge in [-0.15, -0.1) is 11.3 Å². The van der Waals surface area contributed by atoms with E-state index < -0.39 is 0 Å². The first-order valence-corrected chi connectivity index (χ1v) is 6.32. The van der Waals surface area contributed by atoms with Crippen molar-refractivity contribution in [3.05, 3.63) is 35.2 Å². The van der Waals surface area contributed by atoms with Crippen LogP contribution >= 0.6 is 11.3 Å². The molecular formula is C13H13N3S. The molecule has 0 saturated heterocycles. The summed E-state index contributed by atoms with van der Waals surface area (Å²) in [5, 5.41) is 2.00. The molecular weight excluding hydrogens is 230 g/mol. The van der Waals surface area contributed by atoms with E-state index in [1.165, 1.54) is 11.1 Å². The molecule has 86 valence electrons. The fraction of sp³-hybridized carbons (Fsp3) is 0.154. The van der Waals surface area contributed by atoms with Crippen LogP contribution in [0.1, 0.15) is 5.56 Å². The Bertz CT molecular complexity index is 694. The highest BCUT2D eigenvalue weighted by Crippen LogP contribution is 2.33. The summed E-state index contributed by atoms with van der Waals surface area (Å²) in [7, 11) is 2.04. The van der Waals surface area contributed by atoms with E-state index in [0.717, 1.165) is 21.9 Å². The van der Waals surface area contributed by atoms with E-state index in [1.54, 1.807) is 11.3 Å². The van der Waals surface area contributed by atoms with Crippen LogP contribution in [0.2, 0.25) is 0 Å². The van der Waals surface area contributed by atoms with Crippen LogP contribution in [0, 0.1) is 6.92 Å². The zero-order chi connectivity index (χ0) is 12.0. The molecule has 3 aromatic rings. The molecule has 2 aromatic heterocycles. The van der Waals surface area contributed by atoms with Crippen LogP contribution in [0.5, 0.6) is 0 Å². The van der Waals surface area contributed by atoms with Gasteiger partial charge < -0.3 is 10.3 Å². The van der Waals surface area contributed by atoms with Crippen molar-refractivity contribution in [1.82, 2.24) is 9.55 Å². The number of hydrogen-bond acceptors (Lipinski definition) is 3. The van der Waals surface area contributed by atoms with Gasteiger partial charge in [0, 0.05) is 7.05 Å². The highest BCUT2D eigenvalue weighted by atomic mass is 32.1. The quantitative estimate of drug-likeness (QED) is 0.713. The Morgan fingerprint density at radius 3 is 2.76 bits per heavy atom. The third-order valence-corrected chi connectivity index (χ3v) is 3.92. The first-order valence-electron chi connectivity index (χ1n) is 5.44. The average Bonchev–Trinajstić information content (AvgIpc) is 2.84. The largest absolute Gasteiger partial charge is 0.397 e. The minimum Gasteiger partial charge on any atom is -0.397 e. The van der Waals surface area contributed by atoms with E-state index in [-0.39, 0.29) is 0 Å². The van der Waals surface area contributed by atoms with Gasteiger partial charge >= 0.3 is 0 Å².